The van der Waals surface area contributed by atoms with Gasteiger partial charge in [-0.25, -0.2) is 0 Å². The molecule has 3 nitrogen and oxygen atoms in total. The van der Waals surface area contributed by atoms with E-state index in [9.17, 15) is 0 Å². The Morgan fingerprint density at radius 1 is 0.600 bits per heavy atom. The Morgan fingerprint density at radius 3 is 2.04 bits per heavy atom. The molecule has 0 saturated heterocycles. The first kappa shape index (κ1) is 14.2. The molecule has 0 N–H and O–H groups in total. The molecule has 3 heteroatoms. The van der Waals surface area contributed by atoms with E-state index in [-0.39, 0.29) is 0 Å². The molecule has 0 amide bonds. The highest BCUT2D eigenvalue weighted by Crippen LogP contribution is 2.37. The lowest BCUT2D eigenvalue weighted by Gasteiger charge is -2.11. The fourth-order valence-corrected chi connectivity index (χ4v) is 3.67. The number of methoxy groups -OCH3 is 2. The third-order valence-electron chi connectivity index (χ3n) is 4.91. The first-order valence-electron chi connectivity index (χ1n) is 8.17. The fraction of sp³-hybridized carbons (Fsp3) is 0.0909. The molecule has 1 aromatic heterocycles. The molecule has 0 saturated carbocycles. The predicted octanol–water partition coefficient (Wildman–Crippen LogP) is 5.91. The first-order chi connectivity index (χ1) is 12.3. The third kappa shape index (κ3) is 1.99. The van der Waals surface area contributed by atoms with Crippen LogP contribution in [0.3, 0.4) is 0 Å². The lowest BCUT2D eigenvalue weighted by Crippen LogP contribution is -1.90. The van der Waals surface area contributed by atoms with Crippen molar-refractivity contribution in [3.8, 4) is 11.5 Å². The van der Waals surface area contributed by atoms with Crippen LogP contribution in [0.2, 0.25) is 0 Å². The number of ether oxygens (including phenoxy) is 2. The quantitative estimate of drug-likeness (QED) is 0.298. The van der Waals surface area contributed by atoms with E-state index >= 15 is 0 Å². The van der Waals surface area contributed by atoms with E-state index in [1.54, 1.807) is 20.5 Å². The minimum absolute atomic E-state index is 0.742. The molecule has 0 unspecified atom stereocenters. The molecule has 5 rings (SSSR count). The molecular formula is C22H16O3. The summed E-state index contributed by atoms with van der Waals surface area (Å²) in [5, 5.41) is 8.27. The molecule has 5 aromatic rings. The van der Waals surface area contributed by atoms with Gasteiger partial charge < -0.3 is 13.9 Å². The van der Waals surface area contributed by atoms with Crippen molar-refractivity contribution >= 4 is 43.3 Å². The average Bonchev–Trinajstić information content (AvgIpc) is 3.14. The highest BCUT2D eigenvalue weighted by atomic mass is 16.5. The molecule has 1 heterocycles. The number of benzene rings is 4. The second-order valence-corrected chi connectivity index (χ2v) is 6.19. The molecule has 0 fully saturated rings. The number of furan rings is 1. The van der Waals surface area contributed by atoms with E-state index in [0.717, 1.165) is 33.2 Å². The zero-order valence-corrected chi connectivity index (χ0v) is 14.0. The van der Waals surface area contributed by atoms with Crippen LogP contribution in [0, 0.1) is 0 Å². The largest absolute Gasteiger partial charge is 0.493 e. The number of fused-ring (bicyclic) bond motifs is 6. The summed E-state index contributed by atoms with van der Waals surface area (Å²) in [6.45, 7) is 0. The molecule has 0 atom stereocenters. The van der Waals surface area contributed by atoms with Crippen LogP contribution >= 0.6 is 0 Å². The Labute approximate surface area is 144 Å². The fourth-order valence-electron chi connectivity index (χ4n) is 3.67. The normalized spacial score (nSPS) is 11.6. The average molecular weight is 328 g/mol. The number of hydrogen-bond acceptors (Lipinski definition) is 3. The van der Waals surface area contributed by atoms with Gasteiger partial charge in [-0.15, -0.1) is 0 Å². The molecule has 0 aliphatic rings. The van der Waals surface area contributed by atoms with Gasteiger partial charge in [0.2, 0.25) is 0 Å². The zero-order valence-electron chi connectivity index (χ0n) is 14.0. The molecule has 0 spiro atoms. The molecule has 0 aliphatic carbocycles. The summed E-state index contributed by atoms with van der Waals surface area (Å²) < 4.78 is 16.4. The van der Waals surface area contributed by atoms with Crippen molar-refractivity contribution in [1.82, 2.24) is 0 Å². The van der Waals surface area contributed by atoms with Crippen molar-refractivity contribution in [2.75, 3.05) is 14.2 Å². The zero-order chi connectivity index (χ0) is 17.0. The maximum absolute atomic E-state index is 5.53. The van der Waals surface area contributed by atoms with Gasteiger partial charge in [-0.3, -0.25) is 0 Å². The maximum atomic E-state index is 5.53. The van der Waals surface area contributed by atoms with Gasteiger partial charge in [0, 0.05) is 5.39 Å². The van der Waals surface area contributed by atoms with Crippen molar-refractivity contribution < 1.29 is 13.9 Å². The van der Waals surface area contributed by atoms with Crippen LogP contribution < -0.4 is 9.47 Å². The summed E-state index contributed by atoms with van der Waals surface area (Å²) in [4.78, 5) is 0. The van der Waals surface area contributed by atoms with Gasteiger partial charge in [0.05, 0.1) is 20.5 Å². The lowest BCUT2D eigenvalue weighted by atomic mass is 9.96. The Morgan fingerprint density at radius 2 is 1.28 bits per heavy atom. The van der Waals surface area contributed by atoms with Gasteiger partial charge in [0.1, 0.15) is 5.58 Å². The van der Waals surface area contributed by atoms with Crippen LogP contribution in [0.4, 0.5) is 0 Å². The SMILES string of the molecule is COc1cc2cc3ccc4c5ccoc5ccc4c3cc2cc1OC. The van der Waals surface area contributed by atoms with Crippen molar-refractivity contribution in [3.63, 3.8) is 0 Å². The van der Waals surface area contributed by atoms with E-state index in [1.165, 1.54) is 21.5 Å². The van der Waals surface area contributed by atoms with E-state index in [0.29, 0.717) is 0 Å². The Balaban J connectivity index is 1.91. The standard InChI is InChI=1S/C22H16O3/c1-23-21-11-14-9-13-3-4-16-17(5-6-20-18(16)7-8-25-20)19(13)10-15(14)12-22(21)24-2/h3-12H,1-2H3. The molecule has 0 bridgehead atoms. The van der Waals surface area contributed by atoms with Crippen molar-refractivity contribution in [1.29, 1.82) is 0 Å². The predicted molar refractivity (Wildman–Crippen MR) is 102 cm³/mol. The third-order valence-corrected chi connectivity index (χ3v) is 4.91. The van der Waals surface area contributed by atoms with Crippen LogP contribution in [-0.2, 0) is 0 Å². The highest BCUT2D eigenvalue weighted by Gasteiger charge is 2.10. The Hall–Kier alpha value is -3.20. The molecule has 25 heavy (non-hydrogen) atoms. The molecule has 0 radical (unpaired) electrons. The van der Waals surface area contributed by atoms with Gasteiger partial charge in [-0.1, -0.05) is 18.2 Å². The molecule has 122 valence electrons. The van der Waals surface area contributed by atoms with Crippen LogP contribution in [0.5, 0.6) is 11.5 Å². The summed E-state index contributed by atoms with van der Waals surface area (Å²) in [5.74, 6) is 1.49. The van der Waals surface area contributed by atoms with Crippen molar-refractivity contribution in [2.45, 2.75) is 0 Å². The van der Waals surface area contributed by atoms with Gasteiger partial charge in [0.25, 0.3) is 0 Å². The Bertz CT molecular complexity index is 1260. The Kier molecular flexibility index (Phi) is 2.92. The second-order valence-electron chi connectivity index (χ2n) is 6.19. The van der Waals surface area contributed by atoms with Crippen molar-refractivity contribution in [2.24, 2.45) is 0 Å². The molecular weight excluding hydrogens is 312 g/mol. The molecule has 4 aromatic carbocycles. The smallest absolute Gasteiger partial charge is 0.161 e. The van der Waals surface area contributed by atoms with Crippen LogP contribution in [0.1, 0.15) is 0 Å². The summed E-state index contributed by atoms with van der Waals surface area (Å²) in [7, 11) is 3.32. The second kappa shape index (κ2) is 5.15. The first-order valence-corrected chi connectivity index (χ1v) is 8.17. The summed E-state index contributed by atoms with van der Waals surface area (Å²) in [6.07, 6.45) is 1.74. The number of rotatable bonds is 2. The van der Waals surface area contributed by atoms with Crippen LogP contribution in [0.15, 0.2) is 65.3 Å². The maximum Gasteiger partial charge on any atom is 0.161 e. The monoisotopic (exact) mass is 328 g/mol. The van der Waals surface area contributed by atoms with Crippen molar-refractivity contribution in [3.05, 3.63) is 60.9 Å². The summed E-state index contributed by atoms with van der Waals surface area (Å²) >= 11 is 0. The highest BCUT2D eigenvalue weighted by molar-refractivity contribution is 6.18. The number of hydrogen-bond donors (Lipinski definition) is 0. The van der Waals surface area contributed by atoms with Gasteiger partial charge in [0.15, 0.2) is 11.5 Å². The topological polar surface area (TPSA) is 31.6 Å². The minimum atomic E-state index is 0.742. The van der Waals surface area contributed by atoms with E-state index in [2.05, 4.69) is 30.3 Å². The van der Waals surface area contributed by atoms with Crippen LogP contribution in [-0.4, -0.2) is 14.2 Å². The van der Waals surface area contributed by atoms with Crippen LogP contribution in [0.25, 0.3) is 43.3 Å². The lowest BCUT2D eigenvalue weighted by molar-refractivity contribution is 0.356. The van der Waals surface area contributed by atoms with Gasteiger partial charge in [-0.2, -0.15) is 0 Å². The minimum Gasteiger partial charge on any atom is -0.493 e. The van der Waals surface area contributed by atoms with E-state index in [1.807, 2.05) is 24.3 Å². The summed E-state index contributed by atoms with van der Waals surface area (Å²) in [5.41, 5.74) is 0.916. The van der Waals surface area contributed by atoms with E-state index < -0.39 is 0 Å². The molecule has 0 aliphatic heterocycles. The van der Waals surface area contributed by atoms with Gasteiger partial charge >= 0.3 is 0 Å². The summed E-state index contributed by atoms with van der Waals surface area (Å²) in [6, 6.07) is 19.0. The van der Waals surface area contributed by atoms with Gasteiger partial charge in [-0.05, 0) is 68.7 Å². The van der Waals surface area contributed by atoms with E-state index in [4.69, 9.17) is 13.9 Å².